The van der Waals surface area contributed by atoms with Crippen molar-refractivity contribution in [2.45, 2.75) is 58.2 Å². The summed E-state index contributed by atoms with van der Waals surface area (Å²) in [5, 5.41) is 10.0. The Hall–Kier alpha value is -0.120. The molecule has 0 amide bonds. The van der Waals surface area contributed by atoms with Crippen LogP contribution in [0, 0.1) is 11.8 Å². The summed E-state index contributed by atoms with van der Waals surface area (Å²) in [7, 11) is 0. The van der Waals surface area contributed by atoms with E-state index in [0.29, 0.717) is 12.1 Å². The van der Waals surface area contributed by atoms with Crippen LogP contribution in [0.2, 0.25) is 0 Å². The molecule has 0 radical (unpaired) electrons. The molecule has 2 aliphatic heterocycles. The molecule has 0 aromatic rings. The molecule has 100 valence electrons. The van der Waals surface area contributed by atoms with Crippen LogP contribution in [0.4, 0.5) is 0 Å². The van der Waals surface area contributed by atoms with Gasteiger partial charge < -0.3 is 9.84 Å². The summed E-state index contributed by atoms with van der Waals surface area (Å²) in [5.41, 5.74) is -0.599. The number of rotatable bonds is 3. The topological polar surface area (TPSA) is 32.7 Å². The first kappa shape index (κ1) is 13.3. The van der Waals surface area contributed by atoms with Crippen LogP contribution in [0.1, 0.15) is 40.5 Å². The van der Waals surface area contributed by atoms with E-state index in [1.165, 1.54) is 12.8 Å². The summed E-state index contributed by atoms with van der Waals surface area (Å²) in [6.45, 7) is 10.9. The van der Waals surface area contributed by atoms with E-state index in [1.807, 2.05) is 13.8 Å². The van der Waals surface area contributed by atoms with Gasteiger partial charge in [-0.15, -0.1) is 0 Å². The summed E-state index contributed by atoms with van der Waals surface area (Å²) in [5.74, 6) is 1.59. The molecule has 0 aromatic carbocycles. The third-order valence-electron chi connectivity index (χ3n) is 4.22. The Balaban J connectivity index is 2.05. The molecule has 2 aliphatic rings. The minimum absolute atomic E-state index is 0.515. The van der Waals surface area contributed by atoms with Crippen LogP contribution in [0.5, 0.6) is 0 Å². The molecule has 2 bridgehead atoms. The molecule has 17 heavy (non-hydrogen) atoms. The van der Waals surface area contributed by atoms with E-state index < -0.39 is 5.60 Å². The highest BCUT2D eigenvalue weighted by molar-refractivity contribution is 4.94. The van der Waals surface area contributed by atoms with Gasteiger partial charge in [0.1, 0.15) is 0 Å². The van der Waals surface area contributed by atoms with Crippen LogP contribution in [0.15, 0.2) is 0 Å². The van der Waals surface area contributed by atoms with Crippen molar-refractivity contribution in [3.05, 3.63) is 0 Å². The van der Waals surface area contributed by atoms with Gasteiger partial charge in [0.05, 0.1) is 18.8 Å². The Morgan fingerprint density at radius 1 is 1.24 bits per heavy atom. The minimum atomic E-state index is -0.599. The van der Waals surface area contributed by atoms with Crippen molar-refractivity contribution in [2.24, 2.45) is 11.8 Å². The second kappa shape index (κ2) is 4.87. The Labute approximate surface area is 105 Å². The standard InChI is InChI=1S/C14H27NO2/c1-10(2)11-5-12-7-17-8-13(6-11)15(12)9-14(3,4)16/h10-13,16H,5-9H2,1-4H3. The first-order chi connectivity index (χ1) is 7.87. The smallest absolute Gasteiger partial charge is 0.0718 e. The fraction of sp³-hybridized carbons (Fsp3) is 1.00. The van der Waals surface area contributed by atoms with Gasteiger partial charge in [-0.1, -0.05) is 13.8 Å². The zero-order chi connectivity index (χ0) is 12.6. The average Bonchev–Trinajstić information content (AvgIpc) is 2.13. The second-order valence-electron chi connectivity index (χ2n) is 6.81. The molecule has 2 unspecified atom stereocenters. The van der Waals surface area contributed by atoms with Gasteiger partial charge in [0.2, 0.25) is 0 Å². The summed E-state index contributed by atoms with van der Waals surface area (Å²) < 4.78 is 5.69. The van der Waals surface area contributed by atoms with Crippen molar-refractivity contribution in [3.63, 3.8) is 0 Å². The summed E-state index contributed by atoms with van der Waals surface area (Å²) >= 11 is 0. The van der Waals surface area contributed by atoms with Crippen molar-refractivity contribution in [3.8, 4) is 0 Å². The maximum absolute atomic E-state index is 10.0. The highest BCUT2D eigenvalue weighted by atomic mass is 16.5. The molecule has 0 aromatic heterocycles. The minimum Gasteiger partial charge on any atom is -0.389 e. The SMILES string of the molecule is CC(C)C1CC2COCC(C1)N2CC(C)(C)O. The van der Waals surface area contributed by atoms with Gasteiger partial charge in [-0.2, -0.15) is 0 Å². The Morgan fingerprint density at radius 3 is 2.18 bits per heavy atom. The number of ether oxygens (including phenoxy) is 1. The first-order valence-electron chi connectivity index (χ1n) is 6.92. The van der Waals surface area contributed by atoms with Crippen molar-refractivity contribution >= 4 is 0 Å². The number of nitrogens with zero attached hydrogens (tertiary/aromatic N) is 1. The third kappa shape index (κ3) is 3.21. The molecule has 0 saturated carbocycles. The van der Waals surface area contributed by atoms with Crippen LogP contribution >= 0.6 is 0 Å². The fourth-order valence-electron chi connectivity index (χ4n) is 3.28. The zero-order valence-corrected chi connectivity index (χ0v) is 11.6. The maximum Gasteiger partial charge on any atom is 0.0718 e. The van der Waals surface area contributed by atoms with Gasteiger partial charge in [0.25, 0.3) is 0 Å². The Morgan fingerprint density at radius 2 is 1.76 bits per heavy atom. The molecule has 0 spiro atoms. The van der Waals surface area contributed by atoms with E-state index in [0.717, 1.165) is 31.6 Å². The summed E-state index contributed by atoms with van der Waals surface area (Å²) in [6, 6.07) is 1.03. The van der Waals surface area contributed by atoms with Gasteiger partial charge in [0.15, 0.2) is 0 Å². The fourth-order valence-corrected chi connectivity index (χ4v) is 3.28. The number of hydrogen-bond donors (Lipinski definition) is 1. The molecular formula is C14H27NO2. The van der Waals surface area contributed by atoms with Crippen molar-refractivity contribution in [2.75, 3.05) is 19.8 Å². The molecule has 2 atom stereocenters. The van der Waals surface area contributed by atoms with Crippen LogP contribution < -0.4 is 0 Å². The molecule has 2 saturated heterocycles. The normalized spacial score (nSPS) is 35.3. The van der Waals surface area contributed by atoms with E-state index in [4.69, 9.17) is 4.74 Å². The van der Waals surface area contributed by atoms with Gasteiger partial charge in [0, 0.05) is 18.6 Å². The number of piperidine rings is 1. The molecule has 2 rings (SSSR count). The highest BCUT2D eigenvalue weighted by Gasteiger charge is 2.41. The lowest BCUT2D eigenvalue weighted by Crippen LogP contribution is -2.60. The molecule has 3 heteroatoms. The first-order valence-corrected chi connectivity index (χ1v) is 6.92. The van der Waals surface area contributed by atoms with E-state index in [1.54, 1.807) is 0 Å². The van der Waals surface area contributed by atoms with E-state index >= 15 is 0 Å². The molecule has 3 nitrogen and oxygen atoms in total. The lowest BCUT2D eigenvalue weighted by atomic mass is 9.78. The largest absolute Gasteiger partial charge is 0.389 e. The van der Waals surface area contributed by atoms with Crippen molar-refractivity contribution in [1.82, 2.24) is 4.90 Å². The Kier molecular flexibility index (Phi) is 3.81. The van der Waals surface area contributed by atoms with Crippen molar-refractivity contribution in [1.29, 1.82) is 0 Å². The van der Waals surface area contributed by atoms with Gasteiger partial charge in [-0.3, -0.25) is 4.90 Å². The predicted molar refractivity (Wildman–Crippen MR) is 69.0 cm³/mol. The van der Waals surface area contributed by atoms with E-state index in [-0.39, 0.29) is 0 Å². The van der Waals surface area contributed by atoms with Crippen LogP contribution in [-0.4, -0.2) is 47.4 Å². The molecule has 0 aliphatic carbocycles. The van der Waals surface area contributed by atoms with Crippen LogP contribution in [-0.2, 0) is 4.74 Å². The second-order valence-corrected chi connectivity index (χ2v) is 6.81. The molecule has 2 heterocycles. The highest BCUT2D eigenvalue weighted by Crippen LogP contribution is 2.35. The average molecular weight is 241 g/mol. The molecule has 1 N–H and O–H groups in total. The number of aliphatic hydroxyl groups is 1. The van der Waals surface area contributed by atoms with Gasteiger partial charge in [-0.25, -0.2) is 0 Å². The monoisotopic (exact) mass is 241 g/mol. The lowest BCUT2D eigenvalue weighted by Gasteiger charge is -2.51. The number of morpholine rings is 1. The van der Waals surface area contributed by atoms with E-state index in [9.17, 15) is 5.11 Å². The number of fused-ring (bicyclic) bond motifs is 2. The predicted octanol–water partition coefficient (Wildman–Crippen LogP) is 1.89. The van der Waals surface area contributed by atoms with Gasteiger partial charge >= 0.3 is 0 Å². The number of hydrogen-bond acceptors (Lipinski definition) is 3. The van der Waals surface area contributed by atoms with Gasteiger partial charge in [-0.05, 0) is 38.5 Å². The molecule has 2 fully saturated rings. The van der Waals surface area contributed by atoms with E-state index in [2.05, 4.69) is 18.7 Å². The quantitative estimate of drug-likeness (QED) is 0.819. The third-order valence-corrected chi connectivity index (χ3v) is 4.22. The van der Waals surface area contributed by atoms with Crippen LogP contribution in [0.3, 0.4) is 0 Å². The Bertz CT molecular complexity index is 245. The summed E-state index contributed by atoms with van der Waals surface area (Å²) in [6.07, 6.45) is 2.45. The lowest BCUT2D eigenvalue weighted by molar-refractivity contribution is -0.116. The zero-order valence-electron chi connectivity index (χ0n) is 11.6. The van der Waals surface area contributed by atoms with Crippen molar-refractivity contribution < 1.29 is 9.84 Å². The van der Waals surface area contributed by atoms with Crippen LogP contribution in [0.25, 0.3) is 0 Å². The molecular weight excluding hydrogens is 214 g/mol. The summed E-state index contributed by atoms with van der Waals surface area (Å²) in [4.78, 5) is 2.49. The maximum atomic E-state index is 10.0.